The number of carbonyl (C=O) groups is 1. The topological polar surface area (TPSA) is 115 Å². The average molecular weight is 398 g/mol. The number of hydrogen-bond acceptors (Lipinski definition) is 6. The summed E-state index contributed by atoms with van der Waals surface area (Å²) < 4.78 is 26.3. The van der Waals surface area contributed by atoms with Crippen LogP contribution in [0.4, 0.5) is 0 Å². The van der Waals surface area contributed by atoms with E-state index in [2.05, 4.69) is 10.1 Å². The molecule has 8 nitrogen and oxygen atoms in total. The van der Waals surface area contributed by atoms with Crippen LogP contribution in [0.2, 0.25) is 0 Å². The largest absolute Gasteiger partial charge is 0.380 e. The molecular weight excluding hydrogens is 380 g/mol. The molecule has 2 aromatic carbocycles. The van der Waals surface area contributed by atoms with Crippen LogP contribution in [0.1, 0.15) is 5.56 Å². The van der Waals surface area contributed by atoms with E-state index in [9.17, 15) is 13.2 Å². The number of aromatic nitrogens is 1. The van der Waals surface area contributed by atoms with Crippen LogP contribution in [0.3, 0.4) is 0 Å². The van der Waals surface area contributed by atoms with Crippen molar-refractivity contribution in [2.45, 2.75) is 4.90 Å². The minimum Gasteiger partial charge on any atom is -0.380 e. The van der Waals surface area contributed by atoms with Gasteiger partial charge in [0.15, 0.2) is 5.84 Å². The van der Waals surface area contributed by atoms with Crippen LogP contribution in [0.5, 0.6) is 0 Å². The molecule has 2 N–H and O–H groups in total. The van der Waals surface area contributed by atoms with Gasteiger partial charge in [0.2, 0.25) is 10.0 Å². The van der Waals surface area contributed by atoms with Crippen molar-refractivity contribution in [1.82, 2.24) is 9.29 Å². The van der Waals surface area contributed by atoms with Gasteiger partial charge < -0.3 is 10.6 Å². The number of fused-ring (bicyclic) bond motifs is 1. The molecule has 0 aliphatic heterocycles. The number of nitrogens with zero attached hydrogens (tertiary/aromatic N) is 3. The summed E-state index contributed by atoms with van der Waals surface area (Å²) in [7, 11) is -2.58. The molecule has 144 valence electrons. The lowest BCUT2D eigenvalue weighted by Gasteiger charge is -2.16. The lowest BCUT2D eigenvalue weighted by molar-refractivity contribution is -0.143. The number of sulfonamides is 1. The lowest BCUT2D eigenvalue weighted by atomic mass is 10.1. The molecule has 0 fully saturated rings. The summed E-state index contributed by atoms with van der Waals surface area (Å²) in [6.07, 6.45) is 3.03. The van der Waals surface area contributed by atoms with Gasteiger partial charge in [0, 0.05) is 25.0 Å². The van der Waals surface area contributed by atoms with Crippen LogP contribution in [-0.4, -0.2) is 43.1 Å². The van der Waals surface area contributed by atoms with Crippen LogP contribution in [-0.2, 0) is 19.7 Å². The molecule has 0 spiro atoms. The molecule has 1 heterocycles. The molecule has 3 rings (SSSR count). The van der Waals surface area contributed by atoms with Crippen molar-refractivity contribution < 1.29 is 18.0 Å². The maximum Gasteiger partial charge on any atom is 0.350 e. The fourth-order valence-corrected chi connectivity index (χ4v) is 3.63. The first-order valence-electron chi connectivity index (χ1n) is 8.27. The van der Waals surface area contributed by atoms with E-state index in [1.54, 1.807) is 24.3 Å². The number of likely N-dealkylation sites (N-methyl/N-ethyl adjacent to an activating group) is 1. The third-order valence-corrected chi connectivity index (χ3v) is 5.80. The van der Waals surface area contributed by atoms with Gasteiger partial charge in [0.1, 0.15) is 6.54 Å². The molecule has 0 atom stereocenters. The number of benzene rings is 2. The summed E-state index contributed by atoms with van der Waals surface area (Å²) in [5.41, 5.74) is 6.24. The number of rotatable bonds is 6. The molecule has 0 bridgehead atoms. The van der Waals surface area contributed by atoms with E-state index in [1.165, 1.54) is 25.5 Å². The molecule has 28 heavy (non-hydrogen) atoms. The van der Waals surface area contributed by atoms with Crippen LogP contribution >= 0.6 is 0 Å². The summed E-state index contributed by atoms with van der Waals surface area (Å²) in [5.74, 6) is -0.875. The summed E-state index contributed by atoms with van der Waals surface area (Å²) >= 11 is 0. The first kappa shape index (κ1) is 19.5. The molecule has 0 amide bonds. The first-order valence-corrected chi connectivity index (χ1v) is 9.71. The normalized spacial score (nSPS) is 12.3. The van der Waals surface area contributed by atoms with Crippen molar-refractivity contribution in [3.8, 4) is 0 Å². The molecule has 0 saturated heterocycles. The fourth-order valence-electron chi connectivity index (χ4n) is 2.48. The van der Waals surface area contributed by atoms with E-state index in [0.29, 0.717) is 5.56 Å². The number of hydrogen-bond donors (Lipinski definition) is 1. The maximum atomic E-state index is 12.7. The SMILES string of the molecule is CN(CC(=O)ON=C(N)c1ccncc1)S(=O)(=O)c1ccc2ccccc2c1. The van der Waals surface area contributed by atoms with E-state index < -0.39 is 22.5 Å². The summed E-state index contributed by atoms with van der Waals surface area (Å²) in [6, 6.07) is 15.4. The molecule has 0 radical (unpaired) electrons. The van der Waals surface area contributed by atoms with Gasteiger partial charge in [-0.15, -0.1) is 0 Å². The van der Waals surface area contributed by atoms with Gasteiger partial charge in [-0.3, -0.25) is 4.98 Å². The van der Waals surface area contributed by atoms with Crippen molar-refractivity contribution in [3.63, 3.8) is 0 Å². The predicted octanol–water partition coefficient (Wildman–Crippen LogP) is 1.72. The zero-order valence-corrected chi connectivity index (χ0v) is 15.8. The Morgan fingerprint density at radius 3 is 2.50 bits per heavy atom. The standard InChI is InChI=1S/C19H18N4O4S/c1-23(13-18(24)27-22-19(20)15-8-10-21-11-9-15)28(25,26)17-7-6-14-4-2-3-5-16(14)12-17/h2-12H,13H2,1H3,(H2,20,22). The van der Waals surface area contributed by atoms with Crippen molar-refractivity contribution in [2.24, 2.45) is 10.9 Å². The van der Waals surface area contributed by atoms with E-state index >= 15 is 0 Å². The Balaban J connectivity index is 1.70. The lowest BCUT2D eigenvalue weighted by Crippen LogP contribution is -2.32. The summed E-state index contributed by atoms with van der Waals surface area (Å²) in [4.78, 5) is 20.6. The second-order valence-corrected chi connectivity index (χ2v) is 7.99. The minimum absolute atomic E-state index is 0.0178. The summed E-state index contributed by atoms with van der Waals surface area (Å²) in [6.45, 7) is -0.512. The Bertz CT molecular complexity index is 1130. The minimum atomic E-state index is -3.87. The fraction of sp³-hybridized carbons (Fsp3) is 0.105. The predicted molar refractivity (Wildman–Crippen MR) is 105 cm³/mol. The molecule has 0 unspecified atom stereocenters. The number of carbonyl (C=O) groups excluding carboxylic acids is 1. The van der Waals surface area contributed by atoms with Crippen molar-refractivity contribution in [3.05, 3.63) is 72.6 Å². The van der Waals surface area contributed by atoms with E-state index in [-0.39, 0.29) is 10.7 Å². The monoisotopic (exact) mass is 398 g/mol. The molecule has 9 heteroatoms. The van der Waals surface area contributed by atoms with Gasteiger partial charge in [0.25, 0.3) is 0 Å². The van der Waals surface area contributed by atoms with Gasteiger partial charge in [-0.2, -0.15) is 4.31 Å². The second-order valence-electron chi connectivity index (χ2n) is 5.95. The molecule has 1 aromatic heterocycles. The average Bonchev–Trinajstić information content (AvgIpc) is 2.72. The van der Waals surface area contributed by atoms with Gasteiger partial charge >= 0.3 is 5.97 Å². The molecular formula is C19H18N4O4S. The van der Waals surface area contributed by atoms with Crippen LogP contribution in [0.25, 0.3) is 10.8 Å². The van der Waals surface area contributed by atoms with Gasteiger partial charge in [-0.1, -0.05) is 35.5 Å². The number of oxime groups is 1. The molecule has 3 aromatic rings. The summed E-state index contributed by atoms with van der Waals surface area (Å²) in [5, 5.41) is 5.25. The van der Waals surface area contributed by atoms with Crippen molar-refractivity contribution in [2.75, 3.05) is 13.6 Å². The van der Waals surface area contributed by atoms with Crippen molar-refractivity contribution in [1.29, 1.82) is 0 Å². The van der Waals surface area contributed by atoms with Gasteiger partial charge in [-0.25, -0.2) is 13.2 Å². The highest BCUT2D eigenvalue weighted by molar-refractivity contribution is 7.89. The first-order chi connectivity index (χ1) is 13.4. The molecule has 0 saturated carbocycles. The quantitative estimate of drug-likeness (QED) is 0.293. The number of nitrogens with two attached hydrogens (primary N) is 1. The third kappa shape index (κ3) is 4.33. The van der Waals surface area contributed by atoms with E-state index in [1.807, 2.05) is 24.3 Å². The van der Waals surface area contributed by atoms with Crippen LogP contribution in [0.15, 0.2) is 77.0 Å². The third-order valence-electron chi connectivity index (χ3n) is 4.00. The van der Waals surface area contributed by atoms with E-state index in [0.717, 1.165) is 15.1 Å². The Labute approximate surface area is 162 Å². The van der Waals surface area contributed by atoms with Crippen LogP contribution in [0, 0.1) is 0 Å². The zero-order valence-electron chi connectivity index (χ0n) is 15.0. The number of pyridine rings is 1. The smallest absolute Gasteiger partial charge is 0.350 e. The Kier molecular flexibility index (Phi) is 5.67. The second kappa shape index (κ2) is 8.15. The molecule has 0 aliphatic carbocycles. The van der Waals surface area contributed by atoms with Crippen molar-refractivity contribution >= 4 is 32.6 Å². The van der Waals surface area contributed by atoms with Gasteiger partial charge in [0.05, 0.1) is 4.90 Å². The highest BCUT2D eigenvalue weighted by atomic mass is 32.2. The van der Waals surface area contributed by atoms with E-state index in [4.69, 9.17) is 10.6 Å². The highest BCUT2D eigenvalue weighted by Crippen LogP contribution is 2.21. The Morgan fingerprint density at radius 2 is 1.79 bits per heavy atom. The Morgan fingerprint density at radius 1 is 1.11 bits per heavy atom. The van der Waals surface area contributed by atoms with Crippen LogP contribution < -0.4 is 5.73 Å². The molecule has 0 aliphatic rings. The zero-order chi connectivity index (χ0) is 20.1. The Hall–Kier alpha value is -3.30. The number of amidine groups is 1. The highest BCUT2D eigenvalue weighted by Gasteiger charge is 2.24. The maximum absolute atomic E-state index is 12.7. The van der Waals surface area contributed by atoms with Gasteiger partial charge in [-0.05, 0) is 35.0 Å².